The van der Waals surface area contributed by atoms with Crippen molar-refractivity contribution >= 4 is 22.5 Å². The number of carbonyl (C=O) groups excluding carboxylic acids is 1. The number of nitrogens with one attached hydrogen (secondary N) is 1. The van der Waals surface area contributed by atoms with Crippen LogP contribution in [0.3, 0.4) is 0 Å². The van der Waals surface area contributed by atoms with Crippen LogP contribution < -0.4 is 10.1 Å². The number of anilines is 1. The van der Waals surface area contributed by atoms with Crippen molar-refractivity contribution in [1.29, 1.82) is 0 Å². The minimum absolute atomic E-state index is 0.0258. The molecule has 2 heterocycles. The molecule has 24 heavy (non-hydrogen) atoms. The molecule has 0 aliphatic heterocycles. The quantitative estimate of drug-likeness (QED) is 0.791. The maximum absolute atomic E-state index is 12.4. The van der Waals surface area contributed by atoms with E-state index in [0.717, 1.165) is 10.9 Å². The molecule has 1 amide bonds. The number of hydrogen-bond donors (Lipinski definition) is 1. The normalized spacial score (nSPS) is 11.2. The summed E-state index contributed by atoms with van der Waals surface area (Å²) in [6, 6.07) is 7.38. The lowest BCUT2D eigenvalue weighted by molar-refractivity contribution is 0.102. The number of benzene rings is 1. The third kappa shape index (κ3) is 2.99. The summed E-state index contributed by atoms with van der Waals surface area (Å²) in [6.45, 7) is 7.51. The number of fused-ring (bicyclic) bond motifs is 1. The van der Waals surface area contributed by atoms with Crippen molar-refractivity contribution in [3.8, 4) is 5.88 Å². The van der Waals surface area contributed by atoms with Crippen LogP contribution in [0.25, 0.3) is 10.9 Å². The number of ether oxygens (including phenoxy) is 1. The number of hydrogen-bond acceptors (Lipinski definition) is 4. The topological polar surface area (TPSA) is 69.3 Å². The second-order valence-electron chi connectivity index (χ2n) is 6.11. The monoisotopic (exact) mass is 327 g/mol. The summed E-state index contributed by atoms with van der Waals surface area (Å²) in [4.78, 5) is 12.4. The summed E-state index contributed by atoms with van der Waals surface area (Å²) < 4.78 is 12.9. The van der Waals surface area contributed by atoms with Crippen molar-refractivity contribution < 1.29 is 13.9 Å². The molecule has 1 aromatic carbocycles. The van der Waals surface area contributed by atoms with Crippen LogP contribution in [-0.4, -0.2) is 21.8 Å². The minimum Gasteiger partial charge on any atom is -0.473 e. The van der Waals surface area contributed by atoms with E-state index >= 15 is 0 Å². The van der Waals surface area contributed by atoms with E-state index in [1.54, 1.807) is 17.7 Å². The summed E-state index contributed by atoms with van der Waals surface area (Å²) >= 11 is 0. The molecule has 0 unspecified atom stereocenters. The van der Waals surface area contributed by atoms with E-state index in [1.165, 1.54) is 0 Å². The van der Waals surface area contributed by atoms with Gasteiger partial charge in [0.2, 0.25) is 5.88 Å². The summed E-state index contributed by atoms with van der Waals surface area (Å²) in [6.07, 6.45) is 0.0258. The van der Waals surface area contributed by atoms with Gasteiger partial charge in [0.05, 0.1) is 22.6 Å². The standard InChI is InChI=1S/C18H21N3O3/c1-10(2)23-18-15-9-13(6-7-16(15)21(5)20-18)19-17(22)14-8-11(3)24-12(14)4/h6-10H,1-5H3,(H,19,22). The molecular weight excluding hydrogens is 306 g/mol. The van der Waals surface area contributed by atoms with E-state index in [0.29, 0.717) is 28.7 Å². The van der Waals surface area contributed by atoms with E-state index in [1.807, 2.05) is 46.0 Å². The van der Waals surface area contributed by atoms with E-state index in [9.17, 15) is 4.79 Å². The van der Waals surface area contributed by atoms with Gasteiger partial charge in [0, 0.05) is 12.7 Å². The zero-order valence-corrected chi connectivity index (χ0v) is 14.5. The number of amides is 1. The molecule has 0 saturated heterocycles. The molecule has 0 fully saturated rings. The fourth-order valence-corrected chi connectivity index (χ4v) is 2.68. The van der Waals surface area contributed by atoms with Crippen molar-refractivity contribution in [3.05, 3.63) is 41.3 Å². The van der Waals surface area contributed by atoms with Crippen molar-refractivity contribution in [3.63, 3.8) is 0 Å². The van der Waals surface area contributed by atoms with Gasteiger partial charge >= 0.3 is 0 Å². The Morgan fingerprint density at radius 1 is 1.29 bits per heavy atom. The van der Waals surface area contributed by atoms with E-state index in [-0.39, 0.29) is 12.0 Å². The average molecular weight is 327 g/mol. The lowest BCUT2D eigenvalue weighted by atomic mass is 10.2. The summed E-state index contributed by atoms with van der Waals surface area (Å²) in [7, 11) is 1.87. The zero-order valence-electron chi connectivity index (χ0n) is 14.5. The second-order valence-corrected chi connectivity index (χ2v) is 6.11. The molecule has 0 atom stereocenters. The molecule has 0 radical (unpaired) electrons. The highest BCUT2D eigenvalue weighted by Crippen LogP contribution is 2.28. The summed E-state index contributed by atoms with van der Waals surface area (Å²) in [5, 5.41) is 8.16. The van der Waals surface area contributed by atoms with Crippen molar-refractivity contribution in [2.24, 2.45) is 7.05 Å². The van der Waals surface area contributed by atoms with Crippen LogP contribution in [0.5, 0.6) is 5.88 Å². The van der Waals surface area contributed by atoms with Gasteiger partial charge < -0.3 is 14.5 Å². The van der Waals surface area contributed by atoms with E-state index in [4.69, 9.17) is 9.15 Å². The van der Waals surface area contributed by atoms with Gasteiger partial charge in [-0.25, -0.2) is 0 Å². The lowest BCUT2D eigenvalue weighted by Crippen LogP contribution is -2.12. The first kappa shape index (κ1) is 16.1. The van der Waals surface area contributed by atoms with E-state index in [2.05, 4.69) is 10.4 Å². The molecule has 0 spiro atoms. The molecule has 126 valence electrons. The number of carbonyl (C=O) groups is 1. The SMILES string of the molecule is Cc1cc(C(=O)Nc2ccc3c(c2)c(OC(C)C)nn3C)c(C)o1. The third-order valence-corrected chi connectivity index (χ3v) is 3.71. The smallest absolute Gasteiger partial charge is 0.259 e. The fourth-order valence-electron chi connectivity index (χ4n) is 2.68. The van der Waals surface area contributed by atoms with Crippen molar-refractivity contribution in [2.75, 3.05) is 5.32 Å². The van der Waals surface area contributed by atoms with E-state index < -0.39 is 0 Å². The Bertz CT molecular complexity index is 906. The highest BCUT2D eigenvalue weighted by molar-refractivity contribution is 6.06. The Balaban J connectivity index is 1.92. The molecule has 1 N–H and O–H groups in total. The molecule has 3 aromatic rings. The van der Waals surface area contributed by atoms with Crippen LogP contribution >= 0.6 is 0 Å². The third-order valence-electron chi connectivity index (χ3n) is 3.71. The Morgan fingerprint density at radius 3 is 2.67 bits per heavy atom. The first-order valence-electron chi connectivity index (χ1n) is 7.87. The first-order chi connectivity index (χ1) is 11.3. The summed E-state index contributed by atoms with van der Waals surface area (Å²) in [5.41, 5.74) is 2.17. The molecule has 0 saturated carbocycles. The molecule has 2 aromatic heterocycles. The predicted octanol–water partition coefficient (Wildman–Crippen LogP) is 3.82. The average Bonchev–Trinajstić information content (AvgIpc) is 2.98. The Kier molecular flexibility index (Phi) is 4.05. The molecule has 0 aliphatic rings. The van der Waals surface area contributed by atoms with Gasteiger partial charge in [0.25, 0.3) is 5.91 Å². The Morgan fingerprint density at radius 2 is 2.04 bits per heavy atom. The molecular formula is C18H21N3O3. The van der Waals surface area contributed by atoms with Crippen LogP contribution in [-0.2, 0) is 7.05 Å². The van der Waals surface area contributed by atoms with Gasteiger partial charge in [-0.1, -0.05) is 0 Å². The van der Waals surface area contributed by atoms with Crippen molar-refractivity contribution in [2.45, 2.75) is 33.8 Å². The molecule has 6 nitrogen and oxygen atoms in total. The number of aromatic nitrogens is 2. The molecule has 0 bridgehead atoms. The van der Waals surface area contributed by atoms with Crippen LogP contribution in [0.2, 0.25) is 0 Å². The van der Waals surface area contributed by atoms with Gasteiger partial charge in [-0.2, -0.15) is 0 Å². The Hall–Kier alpha value is -2.76. The number of furan rings is 1. The van der Waals surface area contributed by atoms with Gasteiger partial charge in [0.15, 0.2) is 0 Å². The number of aryl methyl sites for hydroxylation is 3. The van der Waals surface area contributed by atoms with Gasteiger partial charge in [0.1, 0.15) is 11.5 Å². The van der Waals surface area contributed by atoms with Crippen LogP contribution in [0, 0.1) is 13.8 Å². The molecule has 0 aliphatic carbocycles. The largest absolute Gasteiger partial charge is 0.473 e. The second kappa shape index (κ2) is 6.03. The fraction of sp³-hybridized carbons (Fsp3) is 0.333. The van der Waals surface area contributed by atoms with Crippen LogP contribution in [0.4, 0.5) is 5.69 Å². The minimum atomic E-state index is -0.195. The summed E-state index contributed by atoms with van der Waals surface area (Å²) in [5.74, 6) is 1.69. The maximum Gasteiger partial charge on any atom is 0.259 e. The van der Waals surface area contributed by atoms with Gasteiger partial charge in [-0.05, 0) is 52.0 Å². The van der Waals surface area contributed by atoms with Crippen LogP contribution in [0.1, 0.15) is 35.7 Å². The first-order valence-corrected chi connectivity index (χ1v) is 7.87. The van der Waals surface area contributed by atoms with Crippen molar-refractivity contribution in [1.82, 2.24) is 9.78 Å². The highest BCUT2D eigenvalue weighted by atomic mass is 16.5. The zero-order chi connectivity index (χ0) is 17.4. The van der Waals surface area contributed by atoms with Gasteiger partial charge in [-0.15, -0.1) is 5.10 Å². The van der Waals surface area contributed by atoms with Gasteiger partial charge in [-0.3, -0.25) is 9.48 Å². The lowest BCUT2D eigenvalue weighted by Gasteiger charge is -2.07. The van der Waals surface area contributed by atoms with Crippen LogP contribution in [0.15, 0.2) is 28.7 Å². The highest BCUT2D eigenvalue weighted by Gasteiger charge is 2.16. The number of nitrogens with zero attached hydrogens (tertiary/aromatic N) is 2. The molecule has 3 rings (SSSR count). The Labute approximate surface area is 140 Å². The molecule has 6 heteroatoms. The predicted molar refractivity (Wildman–Crippen MR) is 92.6 cm³/mol. The number of rotatable bonds is 4. The maximum atomic E-state index is 12.4.